The minimum absolute atomic E-state index is 1.01. The van der Waals surface area contributed by atoms with E-state index in [4.69, 9.17) is 0 Å². The number of aryl methyl sites for hydroxylation is 2. The van der Waals surface area contributed by atoms with Crippen molar-refractivity contribution < 1.29 is 4.57 Å². The Hall–Kier alpha value is -0.440. The molecule has 12 heavy (non-hydrogen) atoms. The summed E-state index contributed by atoms with van der Waals surface area (Å²) in [4.78, 5) is 0. The van der Waals surface area contributed by atoms with Crippen LogP contribution in [0.4, 0.5) is 0 Å². The number of nitrogens with zero attached hydrogens (tertiary/aromatic N) is 2. The Labute approximate surface area is 79.6 Å². The van der Waals surface area contributed by atoms with Gasteiger partial charge in [0.15, 0.2) is 0 Å². The van der Waals surface area contributed by atoms with E-state index in [0.717, 1.165) is 12.3 Å². The molecule has 1 aromatic rings. The Balaban J connectivity index is 2.15. The van der Waals surface area contributed by atoms with Crippen LogP contribution in [0.3, 0.4) is 0 Å². The van der Waals surface area contributed by atoms with Gasteiger partial charge in [0.05, 0.1) is 13.6 Å². The molecule has 0 saturated carbocycles. The van der Waals surface area contributed by atoms with E-state index < -0.39 is 0 Å². The third-order valence-corrected chi connectivity index (χ3v) is 2.21. The average Bonchev–Trinajstić information content (AvgIpc) is 2.45. The van der Waals surface area contributed by atoms with Crippen molar-refractivity contribution in [3.63, 3.8) is 0 Å². The van der Waals surface area contributed by atoms with E-state index >= 15 is 0 Å². The van der Waals surface area contributed by atoms with Crippen molar-refractivity contribution in [2.24, 2.45) is 7.05 Å². The molecule has 0 atom stereocenters. The minimum Gasteiger partial charge on any atom is -0.240 e. The first-order valence-corrected chi connectivity index (χ1v) is 5.08. The Bertz CT molecular complexity index is 220. The Kier molecular flexibility index (Phi) is 4.22. The van der Waals surface area contributed by atoms with E-state index in [0.29, 0.717) is 0 Å². The molecule has 0 fully saturated rings. The third-order valence-electron chi connectivity index (χ3n) is 1.90. The van der Waals surface area contributed by atoms with Gasteiger partial charge in [-0.15, -0.1) is 0 Å². The zero-order valence-electron chi connectivity index (χ0n) is 7.61. The van der Waals surface area contributed by atoms with Gasteiger partial charge < -0.3 is 0 Å². The summed E-state index contributed by atoms with van der Waals surface area (Å²) in [5, 5.41) is 0. The van der Waals surface area contributed by atoms with Crippen molar-refractivity contribution in [1.29, 1.82) is 0 Å². The van der Waals surface area contributed by atoms with Gasteiger partial charge in [-0.25, -0.2) is 9.13 Å². The molecule has 0 bridgehead atoms. The fraction of sp³-hybridized carbons (Fsp3) is 0.667. The number of hydrogen-bond donors (Lipinski definition) is 1. The van der Waals surface area contributed by atoms with Crippen LogP contribution in [-0.4, -0.2) is 10.3 Å². The monoisotopic (exact) mass is 185 g/mol. The smallest absolute Gasteiger partial charge is 0.240 e. The summed E-state index contributed by atoms with van der Waals surface area (Å²) in [7, 11) is 2.05. The molecule has 0 amide bonds. The van der Waals surface area contributed by atoms with Crippen LogP contribution in [-0.2, 0) is 13.6 Å². The lowest BCUT2D eigenvalue weighted by Crippen LogP contribution is -2.23. The van der Waals surface area contributed by atoms with Gasteiger partial charge in [-0.3, -0.25) is 0 Å². The Morgan fingerprint density at radius 3 is 2.75 bits per heavy atom. The number of imidazole rings is 1. The van der Waals surface area contributed by atoms with E-state index in [1.165, 1.54) is 19.3 Å². The van der Waals surface area contributed by atoms with E-state index in [1.54, 1.807) is 0 Å². The Morgan fingerprint density at radius 1 is 1.33 bits per heavy atom. The molecule has 1 heterocycles. The molecule has 68 valence electrons. The van der Waals surface area contributed by atoms with Crippen LogP contribution in [0.2, 0.25) is 0 Å². The molecule has 0 aliphatic carbocycles. The Morgan fingerprint density at radius 2 is 2.17 bits per heavy atom. The molecule has 0 aliphatic rings. The van der Waals surface area contributed by atoms with Gasteiger partial charge in [-0.1, -0.05) is 0 Å². The van der Waals surface area contributed by atoms with Crippen LogP contribution < -0.4 is 4.57 Å². The molecule has 1 rings (SSSR count). The van der Waals surface area contributed by atoms with Gasteiger partial charge in [0.1, 0.15) is 12.4 Å². The summed E-state index contributed by atoms with van der Waals surface area (Å²) >= 11 is 4.17. The van der Waals surface area contributed by atoms with E-state index in [-0.39, 0.29) is 0 Å². The fourth-order valence-electron chi connectivity index (χ4n) is 1.22. The van der Waals surface area contributed by atoms with Gasteiger partial charge >= 0.3 is 0 Å². The maximum Gasteiger partial charge on any atom is 0.243 e. The quantitative estimate of drug-likeness (QED) is 0.403. The summed E-state index contributed by atoms with van der Waals surface area (Å²) < 4.78 is 4.29. The van der Waals surface area contributed by atoms with Crippen LogP contribution in [0, 0.1) is 0 Å². The molecule has 0 unspecified atom stereocenters. The molecule has 3 heteroatoms. The van der Waals surface area contributed by atoms with Crippen LogP contribution >= 0.6 is 12.6 Å². The fourth-order valence-corrected chi connectivity index (χ4v) is 1.44. The molecular weight excluding hydrogens is 168 g/mol. The molecule has 0 N–H and O–H groups in total. The van der Waals surface area contributed by atoms with Crippen LogP contribution in [0.25, 0.3) is 0 Å². The van der Waals surface area contributed by atoms with Gasteiger partial charge in [0.2, 0.25) is 6.33 Å². The van der Waals surface area contributed by atoms with Gasteiger partial charge in [-0.05, 0) is 25.0 Å². The van der Waals surface area contributed by atoms with Crippen molar-refractivity contribution in [1.82, 2.24) is 4.57 Å². The van der Waals surface area contributed by atoms with Gasteiger partial charge in [0.25, 0.3) is 0 Å². The van der Waals surface area contributed by atoms with E-state index in [1.807, 2.05) is 7.05 Å². The topological polar surface area (TPSA) is 8.81 Å². The average molecular weight is 185 g/mol. The first-order valence-electron chi connectivity index (χ1n) is 4.45. The summed E-state index contributed by atoms with van der Waals surface area (Å²) in [6.45, 7) is 1.13. The predicted molar refractivity (Wildman–Crippen MR) is 53.3 cm³/mol. The largest absolute Gasteiger partial charge is 0.243 e. The lowest BCUT2D eigenvalue weighted by Gasteiger charge is -1.95. The summed E-state index contributed by atoms with van der Waals surface area (Å²) in [6, 6.07) is 0. The molecule has 0 aromatic carbocycles. The third kappa shape index (κ3) is 3.30. The molecule has 0 radical (unpaired) electrons. The summed E-state index contributed by atoms with van der Waals surface area (Å²) in [5.41, 5.74) is 0. The maximum absolute atomic E-state index is 4.17. The van der Waals surface area contributed by atoms with Crippen molar-refractivity contribution in [3.8, 4) is 0 Å². The highest BCUT2D eigenvalue weighted by Crippen LogP contribution is 1.99. The number of unbranched alkanes of at least 4 members (excludes halogenated alkanes) is 2. The van der Waals surface area contributed by atoms with Crippen molar-refractivity contribution in [2.75, 3.05) is 5.75 Å². The SMILES string of the molecule is C[n+]1ccn(CCCCCS)c1. The predicted octanol–water partition coefficient (Wildman–Crippen LogP) is 1.41. The first-order chi connectivity index (χ1) is 5.83. The van der Waals surface area contributed by atoms with Crippen LogP contribution in [0.5, 0.6) is 0 Å². The number of thiol groups is 1. The zero-order valence-corrected chi connectivity index (χ0v) is 8.50. The maximum atomic E-state index is 4.17. The first kappa shape index (κ1) is 9.65. The highest BCUT2D eigenvalue weighted by molar-refractivity contribution is 7.80. The van der Waals surface area contributed by atoms with Gasteiger partial charge in [0, 0.05) is 0 Å². The lowest BCUT2D eigenvalue weighted by molar-refractivity contribution is -0.671. The summed E-state index contributed by atoms with van der Waals surface area (Å²) in [6.07, 6.45) is 10.1. The molecule has 0 saturated heterocycles. The molecule has 2 nitrogen and oxygen atoms in total. The second kappa shape index (κ2) is 5.25. The lowest BCUT2D eigenvalue weighted by atomic mass is 10.2. The van der Waals surface area contributed by atoms with Crippen LogP contribution in [0.15, 0.2) is 18.7 Å². The highest BCUT2D eigenvalue weighted by atomic mass is 32.1. The second-order valence-corrected chi connectivity index (χ2v) is 3.55. The van der Waals surface area contributed by atoms with Gasteiger partial charge in [-0.2, -0.15) is 12.6 Å². The normalized spacial score (nSPS) is 10.5. The van der Waals surface area contributed by atoms with Crippen molar-refractivity contribution in [2.45, 2.75) is 25.8 Å². The summed E-state index contributed by atoms with van der Waals surface area (Å²) in [5.74, 6) is 1.01. The standard InChI is InChI=1S/C9H16N2S/c1-10-6-7-11(9-10)5-3-2-4-8-12/h6-7,9H,2-5,8H2,1H3/p+1. The van der Waals surface area contributed by atoms with Crippen LogP contribution in [0.1, 0.15) is 19.3 Å². The molecule has 0 spiro atoms. The van der Waals surface area contributed by atoms with E-state index in [2.05, 4.69) is 40.5 Å². The van der Waals surface area contributed by atoms with E-state index in [9.17, 15) is 0 Å². The second-order valence-electron chi connectivity index (χ2n) is 3.10. The molecular formula is C9H17N2S+. The highest BCUT2D eigenvalue weighted by Gasteiger charge is 1.98. The van der Waals surface area contributed by atoms with Crippen molar-refractivity contribution in [3.05, 3.63) is 18.7 Å². The minimum atomic E-state index is 1.01. The number of aromatic nitrogens is 2. The molecule has 0 aliphatic heterocycles. The number of rotatable bonds is 5. The van der Waals surface area contributed by atoms with Crippen molar-refractivity contribution >= 4 is 12.6 Å². The number of hydrogen-bond acceptors (Lipinski definition) is 1. The molecule has 1 aromatic heterocycles. The zero-order chi connectivity index (χ0) is 8.81.